The molecule has 3 rings (SSSR count). The third kappa shape index (κ3) is 4.07. The summed E-state index contributed by atoms with van der Waals surface area (Å²) in [5, 5.41) is 0. The van der Waals surface area contributed by atoms with Crippen molar-refractivity contribution < 1.29 is 18.2 Å². The van der Waals surface area contributed by atoms with Gasteiger partial charge in [-0.05, 0) is 91.5 Å². The van der Waals surface area contributed by atoms with E-state index in [0.29, 0.717) is 11.5 Å². The second-order valence-corrected chi connectivity index (χ2v) is 15.1. The van der Waals surface area contributed by atoms with Gasteiger partial charge >= 0.3 is 15.3 Å². The van der Waals surface area contributed by atoms with E-state index in [4.69, 9.17) is 9.05 Å². The Morgan fingerprint density at radius 3 is 1.06 bits per heavy atom. The molecule has 176 valence electrons. The van der Waals surface area contributed by atoms with E-state index in [1.165, 1.54) is 8.88 Å². The molecule has 6 nitrogen and oxygen atoms in total. The first-order valence-electron chi connectivity index (χ1n) is 10.9. The van der Waals surface area contributed by atoms with Gasteiger partial charge < -0.3 is 9.05 Å². The van der Waals surface area contributed by atoms with Gasteiger partial charge in [0, 0.05) is 11.1 Å². The highest BCUT2D eigenvalue weighted by atomic mass is 31.3. The quantitative estimate of drug-likeness (QED) is 0.418. The minimum absolute atomic E-state index is 0.553. The summed E-state index contributed by atoms with van der Waals surface area (Å²) in [6.07, 6.45) is 0. The van der Waals surface area contributed by atoms with E-state index >= 15 is 0 Å². The Kier molecular flexibility index (Phi) is 6.28. The van der Waals surface area contributed by atoms with Crippen LogP contribution in [0.3, 0.4) is 0 Å². The Bertz CT molecular complexity index is 986. The average molecular weight is 479 g/mol. The van der Waals surface area contributed by atoms with Gasteiger partial charge in [-0.1, -0.05) is 36.4 Å². The first-order valence-corrected chi connectivity index (χ1v) is 13.9. The third-order valence-corrected chi connectivity index (χ3v) is 13.3. The van der Waals surface area contributed by atoms with E-state index in [0.717, 1.165) is 22.3 Å². The smallest absolute Gasteiger partial charge is 0.415 e. The van der Waals surface area contributed by atoms with E-state index in [9.17, 15) is 9.13 Å². The maximum Gasteiger partial charge on any atom is 0.415 e. The molecular weight excluding hydrogens is 442 g/mol. The summed E-state index contributed by atoms with van der Waals surface area (Å²) in [6.45, 7) is 19.0. The molecule has 0 bridgehead atoms. The fraction of sp³-hybridized carbons (Fsp3) is 0.500. The van der Waals surface area contributed by atoms with Gasteiger partial charge in [-0.3, -0.25) is 0 Å². The molecule has 0 atom stereocenters. The van der Waals surface area contributed by atoms with Gasteiger partial charge in [0.1, 0.15) is 11.5 Å². The van der Waals surface area contributed by atoms with Crippen LogP contribution < -0.4 is 9.05 Å². The summed E-state index contributed by atoms with van der Waals surface area (Å²) in [4.78, 5) is 0. The van der Waals surface area contributed by atoms with Gasteiger partial charge in [0.15, 0.2) is 0 Å². The normalized spacial score (nSPS) is 24.8. The van der Waals surface area contributed by atoms with Gasteiger partial charge in [0.25, 0.3) is 0 Å². The molecule has 8 heteroatoms. The van der Waals surface area contributed by atoms with Crippen LogP contribution in [0.4, 0.5) is 0 Å². The summed E-state index contributed by atoms with van der Waals surface area (Å²) >= 11 is 0. The van der Waals surface area contributed by atoms with Crippen LogP contribution in [0.1, 0.15) is 63.8 Å². The number of nitrogens with zero attached hydrogens (tertiary/aromatic N) is 2. The first-order chi connectivity index (χ1) is 14.5. The molecule has 1 fully saturated rings. The molecular formula is C24H36N2O4P2. The van der Waals surface area contributed by atoms with Crippen LogP contribution in [0.5, 0.6) is 11.5 Å². The molecule has 0 N–H and O–H groups in total. The Morgan fingerprint density at radius 1 is 0.594 bits per heavy atom. The van der Waals surface area contributed by atoms with Crippen LogP contribution in [-0.2, 0) is 9.13 Å². The van der Waals surface area contributed by atoms with Crippen molar-refractivity contribution in [3.63, 3.8) is 0 Å². The molecule has 0 radical (unpaired) electrons. The second kappa shape index (κ2) is 8.02. The Balaban J connectivity index is 2.20. The van der Waals surface area contributed by atoms with Crippen LogP contribution in [0.25, 0.3) is 0 Å². The number of hydrogen-bond donors (Lipinski definition) is 0. The van der Waals surface area contributed by atoms with Crippen LogP contribution in [0.2, 0.25) is 0 Å². The van der Waals surface area contributed by atoms with Gasteiger partial charge in [0.05, 0.1) is 0 Å². The Labute approximate surface area is 193 Å². The van der Waals surface area contributed by atoms with Gasteiger partial charge in [-0.2, -0.15) is 0 Å². The van der Waals surface area contributed by atoms with Gasteiger partial charge in [-0.15, -0.1) is 8.88 Å². The lowest BCUT2D eigenvalue weighted by molar-refractivity contribution is 0.162. The lowest BCUT2D eigenvalue weighted by atomic mass is 10.1. The zero-order valence-corrected chi connectivity index (χ0v) is 22.7. The minimum atomic E-state index is -3.74. The van der Waals surface area contributed by atoms with E-state index in [2.05, 4.69) is 0 Å². The summed E-state index contributed by atoms with van der Waals surface area (Å²) in [6, 6.07) is 11.6. The molecule has 2 aromatic carbocycles. The molecule has 1 saturated heterocycles. The molecule has 1 aliphatic rings. The first kappa shape index (κ1) is 25.1. The van der Waals surface area contributed by atoms with Gasteiger partial charge in [0.2, 0.25) is 0 Å². The van der Waals surface area contributed by atoms with Crippen LogP contribution in [0, 0.1) is 27.7 Å². The highest BCUT2D eigenvalue weighted by molar-refractivity contribution is 7.84. The van der Waals surface area contributed by atoms with Crippen molar-refractivity contribution in [1.82, 2.24) is 8.88 Å². The summed E-state index contributed by atoms with van der Waals surface area (Å²) in [5.74, 6) is 1.11. The number of rotatable bonds is 4. The predicted octanol–water partition coefficient (Wildman–Crippen LogP) is 7.81. The molecule has 0 unspecified atom stereocenters. The van der Waals surface area contributed by atoms with Crippen LogP contribution in [-0.4, -0.2) is 20.0 Å². The molecule has 1 aliphatic heterocycles. The van der Waals surface area contributed by atoms with Crippen molar-refractivity contribution in [3.8, 4) is 11.5 Å². The zero-order valence-electron chi connectivity index (χ0n) is 20.9. The van der Waals surface area contributed by atoms with E-state index in [-0.39, 0.29) is 0 Å². The lowest BCUT2D eigenvalue weighted by Crippen LogP contribution is -2.59. The molecule has 0 amide bonds. The van der Waals surface area contributed by atoms with Crippen molar-refractivity contribution in [3.05, 3.63) is 58.7 Å². The highest BCUT2D eigenvalue weighted by Gasteiger charge is 2.76. The maximum atomic E-state index is 14.7. The van der Waals surface area contributed by atoms with Crippen molar-refractivity contribution in [2.75, 3.05) is 0 Å². The molecule has 0 aliphatic carbocycles. The molecule has 0 spiro atoms. The SMILES string of the molecule is Cc1cccc(C)c1OP1(=O)N(C(C)(C)C)P(=O)(Oc2c(C)cccc2C)N1C(C)(C)C. The van der Waals surface area contributed by atoms with Crippen LogP contribution in [0.15, 0.2) is 36.4 Å². The fourth-order valence-electron chi connectivity index (χ4n) is 4.21. The second-order valence-electron chi connectivity index (χ2n) is 10.5. The largest absolute Gasteiger partial charge is 0.421 e. The molecule has 1 heterocycles. The maximum absolute atomic E-state index is 14.7. The molecule has 0 saturated carbocycles. The van der Waals surface area contributed by atoms with E-state index in [1.54, 1.807) is 0 Å². The van der Waals surface area contributed by atoms with Crippen LogP contribution >= 0.6 is 15.3 Å². The van der Waals surface area contributed by atoms with E-state index in [1.807, 2.05) is 106 Å². The molecule has 32 heavy (non-hydrogen) atoms. The highest BCUT2D eigenvalue weighted by Crippen LogP contribution is 2.89. The number of hydrogen-bond acceptors (Lipinski definition) is 4. The van der Waals surface area contributed by atoms with Crippen molar-refractivity contribution in [2.45, 2.75) is 80.3 Å². The standard InChI is InChI=1S/C24H36N2O4P2/c1-17-13-11-14-18(2)21(17)29-31(27)25(23(5,6)7)32(28,26(31)24(8,9)10)30-22-19(3)15-12-16-20(22)4/h11-16H,1-10H3. The lowest BCUT2D eigenvalue weighted by Gasteiger charge is -2.60. The third-order valence-electron chi connectivity index (χ3n) is 5.40. The molecule has 2 aromatic rings. The minimum Gasteiger partial charge on any atom is -0.421 e. The number of para-hydroxylation sites is 2. The van der Waals surface area contributed by atoms with E-state index < -0.39 is 26.4 Å². The predicted molar refractivity (Wildman–Crippen MR) is 131 cm³/mol. The summed E-state index contributed by atoms with van der Waals surface area (Å²) in [7, 11) is -7.48. The average Bonchev–Trinajstić information content (AvgIpc) is 2.58. The number of benzene rings is 2. The van der Waals surface area contributed by atoms with Crippen molar-refractivity contribution in [1.29, 1.82) is 0 Å². The Morgan fingerprint density at radius 2 is 0.844 bits per heavy atom. The monoisotopic (exact) mass is 478 g/mol. The summed E-state index contributed by atoms with van der Waals surface area (Å²) < 4.78 is 44.9. The Hall–Kier alpha value is -1.58. The molecule has 0 aromatic heterocycles. The fourth-order valence-corrected chi connectivity index (χ4v) is 12.1. The zero-order chi connectivity index (χ0) is 24.3. The van der Waals surface area contributed by atoms with Crippen molar-refractivity contribution in [2.24, 2.45) is 0 Å². The van der Waals surface area contributed by atoms with Gasteiger partial charge in [-0.25, -0.2) is 9.13 Å². The van der Waals surface area contributed by atoms with Crippen molar-refractivity contribution >= 4 is 15.3 Å². The summed E-state index contributed by atoms with van der Waals surface area (Å²) in [5.41, 5.74) is 2.03. The topological polar surface area (TPSA) is 59.1 Å². The number of aryl methyl sites for hydroxylation is 4.